The molecule has 0 spiro atoms. The van der Waals surface area contributed by atoms with Crippen LogP contribution in [0.4, 0.5) is 23.5 Å². The van der Waals surface area contributed by atoms with Crippen LogP contribution in [0.3, 0.4) is 0 Å². The molecule has 0 fully saturated rings. The standard InChI is InChI=1S/C12H12BrF4N3/c13-7-5-9-10(6-8(7)14)20(11(18)19-9)4-2-1-3-12(15,16)17/h5-6H,1-4H2,(H2,18,19). The van der Waals surface area contributed by atoms with E-state index in [1.165, 1.54) is 16.7 Å². The molecule has 3 nitrogen and oxygen atoms in total. The fourth-order valence-electron chi connectivity index (χ4n) is 1.97. The van der Waals surface area contributed by atoms with Crippen LogP contribution in [-0.4, -0.2) is 15.7 Å². The molecule has 2 N–H and O–H groups in total. The Balaban J connectivity index is 2.14. The van der Waals surface area contributed by atoms with Gasteiger partial charge < -0.3 is 10.3 Å². The first-order valence-corrected chi connectivity index (χ1v) is 6.75. The molecule has 8 heteroatoms. The number of nitrogens with zero attached hydrogens (tertiary/aromatic N) is 2. The summed E-state index contributed by atoms with van der Waals surface area (Å²) in [6.45, 7) is 0.277. The number of hydrogen-bond acceptors (Lipinski definition) is 2. The molecule has 1 aromatic carbocycles. The van der Waals surface area contributed by atoms with E-state index in [1.807, 2.05) is 0 Å². The molecule has 2 aromatic rings. The molecule has 0 atom stereocenters. The molecule has 0 amide bonds. The SMILES string of the molecule is Nc1nc2cc(Br)c(F)cc2n1CCCCC(F)(F)F. The van der Waals surface area contributed by atoms with E-state index in [4.69, 9.17) is 5.73 Å². The summed E-state index contributed by atoms with van der Waals surface area (Å²) >= 11 is 3.05. The number of aromatic nitrogens is 2. The maximum absolute atomic E-state index is 13.5. The van der Waals surface area contributed by atoms with E-state index in [0.29, 0.717) is 17.5 Å². The van der Waals surface area contributed by atoms with Gasteiger partial charge in [-0.1, -0.05) is 0 Å². The van der Waals surface area contributed by atoms with Gasteiger partial charge in [0.25, 0.3) is 0 Å². The number of fused-ring (bicyclic) bond motifs is 1. The molecule has 20 heavy (non-hydrogen) atoms. The van der Waals surface area contributed by atoms with Gasteiger partial charge in [0.05, 0.1) is 15.5 Å². The monoisotopic (exact) mass is 353 g/mol. The van der Waals surface area contributed by atoms with Gasteiger partial charge in [-0.05, 0) is 34.8 Å². The Labute approximate surface area is 120 Å². The summed E-state index contributed by atoms with van der Waals surface area (Å²) in [5.74, 6) is -0.293. The third-order valence-corrected chi connectivity index (χ3v) is 3.52. The first-order valence-electron chi connectivity index (χ1n) is 5.95. The largest absolute Gasteiger partial charge is 0.389 e. The number of imidazole rings is 1. The lowest BCUT2D eigenvalue weighted by molar-refractivity contribution is -0.135. The highest BCUT2D eigenvalue weighted by atomic mass is 79.9. The molecule has 110 valence electrons. The average molecular weight is 354 g/mol. The predicted molar refractivity (Wildman–Crippen MR) is 71.7 cm³/mol. The number of nitrogen functional groups attached to an aromatic ring is 1. The number of aryl methyl sites for hydroxylation is 1. The number of anilines is 1. The number of hydrogen-bond donors (Lipinski definition) is 1. The van der Waals surface area contributed by atoms with Crippen LogP contribution in [0.25, 0.3) is 11.0 Å². The summed E-state index contributed by atoms with van der Waals surface area (Å²) in [6.07, 6.45) is -4.69. The van der Waals surface area contributed by atoms with Crippen LogP contribution in [0, 0.1) is 5.82 Å². The van der Waals surface area contributed by atoms with Gasteiger partial charge >= 0.3 is 6.18 Å². The van der Waals surface area contributed by atoms with Crippen molar-refractivity contribution in [3.63, 3.8) is 0 Å². The highest BCUT2D eigenvalue weighted by Crippen LogP contribution is 2.26. The summed E-state index contributed by atoms with van der Waals surface area (Å²) in [5, 5.41) is 0. The first-order chi connectivity index (χ1) is 9.28. The van der Waals surface area contributed by atoms with E-state index < -0.39 is 18.4 Å². The molecule has 1 aromatic heterocycles. The van der Waals surface area contributed by atoms with Crippen molar-refractivity contribution >= 4 is 32.9 Å². The number of alkyl halides is 3. The van der Waals surface area contributed by atoms with Crippen molar-refractivity contribution in [2.45, 2.75) is 32.0 Å². The Morgan fingerprint density at radius 2 is 1.95 bits per heavy atom. The third kappa shape index (κ3) is 3.41. The molecule has 0 aliphatic carbocycles. The fourth-order valence-corrected chi connectivity index (χ4v) is 2.30. The number of halogens is 5. The Morgan fingerprint density at radius 1 is 1.25 bits per heavy atom. The van der Waals surface area contributed by atoms with Crippen molar-refractivity contribution in [3.05, 3.63) is 22.4 Å². The lowest BCUT2D eigenvalue weighted by atomic mass is 10.2. The Bertz CT molecular complexity index is 621. The second-order valence-corrected chi connectivity index (χ2v) is 5.30. The summed E-state index contributed by atoms with van der Waals surface area (Å²) in [4.78, 5) is 4.06. The van der Waals surface area contributed by atoms with E-state index in [1.54, 1.807) is 0 Å². The van der Waals surface area contributed by atoms with Gasteiger partial charge in [0.1, 0.15) is 5.82 Å². The molecule has 0 radical (unpaired) electrons. The number of unbranched alkanes of at least 4 members (excludes halogenated alkanes) is 1. The molecule has 0 aliphatic heterocycles. The van der Waals surface area contributed by atoms with Crippen molar-refractivity contribution in [2.24, 2.45) is 0 Å². The molecule has 2 rings (SSSR count). The zero-order chi connectivity index (χ0) is 14.9. The van der Waals surface area contributed by atoms with Crippen LogP contribution in [-0.2, 0) is 6.54 Å². The van der Waals surface area contributed by atoms with Gasteiger partial charge in [-0.25, -0.2) is 9.37 Å². The normalized spacial score (nSPS) is 12.2. The zero-order valence-corrected chi connectivity index (χ0v) is 11.9. The van der Waals surface area contributed by atoms with Gasteiger partial charge in [0.2, 0.25) is 5.95 Å². The Kier molecular flexibility index (Phi) is 4.22. The summed E-state index contributed by atoms with van der Waals surface area (Å²) in [6, 6.07) is 2.76. The second-order valence-electron chi connectivity index (χ2n) is 4.45. The third-order valence-electron chi connectivity index (χ3n) is 2.91. The van der Waals surface area contributed by atoms with Crippen LogP contribution in [0.1, 0.15) is 19.3 Å². The second kappa shape index (κ2) is 5.59. The van der Waals surface area contributed by atoms with Crippen molar-refractivity contribution < 1.29 is 17.6 Å². The highest BCUT2D eigenvalue weighted by molar-refractivity contribution is 9.10. The molecule has 0 saturated heterocycles. The van der Waals surface area contributed by atoms with Crippen LogP contribution in [0.15, 0.2) is 16.6 Å². The predicted octanol–water partition coefficient (Wildman–Crippen LogP) is 4.25. The molecule has 0 unspecified atom stereocenters. The van der Waals surface area contributed by atoms with E-state index in [9.17, 15) is 17.6 Å². The van der Waals surface area contributed by atoms with Gasteiger partial charge in [-0.15, -0.1) is 0 Å². The summed E-state index contributed by atoms with van der Waals surface area (Å²) < 4.78 is 51.5. The van der Waals surface area contributed by atoms with Crippen LogP contribution < -0.4 is 5.73 Å². The quantitative estimate of drug-likeness (QED) is 0.659. The van der Waals surface area contributed by atoms with Gasteiger partial charge in [0, 0.05) is 19.0 Å². The van der Waals surface area contributed by atoms with Crippen molar-refractivity contribution in [1.82, 2.24) is 9.55 Å². The van der Waals surface area contributed by atoms with Crippen LogP contribution >= 0.6 is 15.9 Å². The minimum absolute atomic E-state index is 0.00161. The van der Waals surface area contributed by atoms with E-state index in [2.05, 4.69) is 20.9 Å². The number of benzene rings is 1. The van der Waals surface area contributed by atoms with Crippen LogP contribution in [0.5, 0.6) is 0 Å². The maximum atomic E-state index is 13.5. The molecule has 0 bridgehead atoms. The summed E-state index contributed by atoms with van der Waals surface area (Å²) in [7, 11) is 0. The van der Waals surface area contributed by atoms with E-state index in [-0.39, 0.29) is 23.4 Å². The van der Waals surface area contributed by atoms with Crippen molar-refractivity contribution in [3.8, 4) is 0 Å². The van der Waals surface area contributed by atoms with Gasteiger partial charge in [-0.2, -0.15) is 13.2 Å². The summed E-state index contributed by atoms with van der Waals surface area (Å²) in [5.41, 5.74) is 6.70. The highest BCUT2D eigenvalue weighted by Gasteiger charge is 2.25. The lowest BCUT2D eigenvalue weighted by Gasteiger charge is -2.08. The molecule has 0 saturated carbocycles. The van der Waals surface area contributed by atoms with Crippen molar-refractivity contribution in [1.29, 1.82) is 0 Å². The first kappa shape index (κ1) is 15.1. The van der Waals surface area contributed by atoms with E-state index >= 15 is 0 Å². The molecular formula is C12H12BrF4N3. The zero-order valence-electron chi connectivity index (χ0n) is 10.3. The number of rotatable bonds is 4. The molecular weight excluding hydrogens is 342 g/mol. The fraction of sp³-hybridized carbons (Fsp3) is 0.417. The number of nitrogens with two attached hydrogens (primary N) is 1. The average Bonchev–Trinajstić information content (AvgIpc) is 2.60. The maximum Gasteiger partial charge on any atom is 0.389 e. The van der Waals surface area contributed by atoms with Gasteiger partial charge in [-0.3, -0.25) is 0 Å². The molecule has 0 aliphatic rings. The van der Waals surface area contributed by atoms with Crippen molar-refractivity contribution in [2.75, 3.05) is 5.73 Å². The van der Waals surface area contributed by atoms with Gasteiger partial charge in [0.15, 0.2) is 0 Å². The minimum Gasteiger partial charge on any atom is -0.369 e. The lowest BCUT2D eigenvalue weighted by Crippen LogP contribution is -2.08. The topological polar surface area (TPSA) is 43.8 Å². The minimum atomic E-state index is -4.15. The Morgan fingerprint density at radius 3 is 2.60 bits per heavy atom. The van der Waals surface area contributed by atoms with E-state index in [0.717, 1.165) is 0 Å². The Hall–Kier alpha value is -1.31. The smallest absolute Gasteiger partial charge is 0.369 e. The van der Waals surface area contributed by atoms with Crippen LogP contribution in [0.2, 0.25) is 0 Å². The molecule has 1 heterocycles.